The molecule has 3 aromatic rings. The maximum Gasteiger partial charge on any atom is 0.416 e. The van der Waals surface area contributed by atoms with Crippen molar-refractivity contribution in [3.8, 4) is 22.4 Å². The summed E-state index contributed by atoms with van der Waals surface area (Å²) in [5.41, 5.74) is 11.0. The van der Waals surface area contributed by atoms with E-state index in [9.17, 15) is 17.6 Å². The molecule has 134 valence electrons. The molecule has 9 heteroatoms. The van der Waals surface area contributed by atoms with Crippen molar-refractivity contribution in [3.05, 3.63) is 53.6 Å². The lowest BCUT2D eigenvalue weighted by Crippen LogP contribution is -2.07. The average Bonchev–Trinajstić information content (AvgIpc) is 2.55. The van der Waals surface area contributed by atoms with Crippen LogP contribution in [0.5, 0.6) is 0 Å². The second-order valence-electron chi connectivity index (χ2n) is 5.55. The second kappa shape index (κ2) is 6.25. The quantitative estimate of drug-likeness (QED) is 0.675. The van der Waals surface area contributed by atoms with E-state index in [1.165, 1.54) is 12.3 Å². The van der Waals surface area contributed by atoms with Gasteiger partial charge in [0.2, 0.25) is 5.95 Å². The highest BCUT2D eigenvalue weighted by Gasteiger charge is 2.32. The third kappa shape index (κ3) is 3.28. The van der Waals surface area contributed by atoms with Crippen LogP contribution in [-0.2, 0) is 6.18 Å². The van der Waals surface area contributed by atoms with Crippen molar-refractivity contribution >= 4 is 11.8 Å². The molecule has 0 saturated heterocycles. The van der Waals surface area contributed by atoms with E-state index >= 15 is 0 Å². The number of nitrogen functional groups attached to an aromatic ring is 2. The SMILES string of the molecule is Cc1nc(N)nc(-c2cc(C(F)(F)F)ccc2F)c1-c1ccc(N)nc1. The van der Waals surface area contributed by atoms with E-state index < -0.39 is 17.6 Å². The van der Waals surface area contributed by atoms with E-state index in [0.29, 0.717) is 29.0 Å². The van der Waals surface area contributed by atoms with Gasteiger partial charge in [-0.15, -0.1) is 0 Å². The zero-order chi connectivity index (χ0) is 19.1. The fourth-order valence-electron chi connectivity index (χ4n) is 2.57. The molecule has 0 aliphatic heterocycles. The minimum absolute atomic E-state index is 0.0508. The molecular weight excluding hydrogens is 350 g/mol. The zero-order valence-corrected chi connectivity index (χ0v) is 13.5. The molecule has 0 saturated carbocycles. The smallest absolute Gasteiger partial charge is 0.384 e. The van der Waals surface area contributed by atoms with Gasteiger partial charge < -0.3 is 11.5 Å². The number of alkyl halides is 3. The number of pyridine rings is 1. The number of rotatable bonds is 2. The Morgan fingerprint density at radius 2 is 1.73 bits per heavy atom. The molecule has 4 N–H and O–H groups in total. The molecular formula is C17H13F4N5. The van der Waals surface area contributed by atoms with Gasteiger partial charge in [-0.2, -0.15) is 13.2 Å². The van der Waals surface area contributed by atoms with Gasteiger partial charge in [-0.05, 0) is 37.3 Å². The number of halogens is 4. The highest BCUT2D eigenvalue weighted by atomic mass is 19.4. The first-order chi connectivity index (χ1) is 12.2. The van der Waals surface area contributed by atoms with Crippen molar-refractivity contribution in [2.24, 2.45) is 0 Å². The summed E-state index contributed by atoms with van der Waals surface area (Å²) < 4.78 is 53.5. The van der Waals surface area contributed by atoms with Crippen molar-refractivity contribution in [2.45, 2.75) is 13.1 Å². The van der Waals surface area contributed by atoms with Gasteiger partial charge in [-0.3, -0.25) is 0 Å². The van der Waals surface area contributed by atoms with E-state index in [1.54, 1.807) is 13.0 Å². The van der Waals surface area contributed by atoms with Crippen molar-refractivity contribution in [3.63, 3.8) is 0 Å². The Bertz CT molecular complexity index is 968. The summed E-state index contributed by atoms with van der Waals surface area (Å²) in [7, 11) is 0. The molecule has 0 spiro atoms. The zero-order valence-electron chi connectivity index (χ0n) is 13.5. The molecule has 0 aliphatic rings. The predicted octanol–water partition coefficient (Wildman–Crippen LogP) is 3.84. The Morgan fingerprint density at radius 1 is 1.00 bits per heavy atom. The van der Waals surface area contributed by atoms with Crippen LogP contribution in [0.25, 0.3) is 22.4 Å². The van der Waals surface area contributed by atoms with E-state index in [-0.39, 0.29) is 23.0 Å². The fraction of sp³-hybridized carbons (Fsp3) is 0.118. The third-order valence-electron chi connectivity index (χ3n) is 3.73. The van der Waals surface area contributed by atoms with E-state index in [1.807, 2.05) is 0 Å². The largest absolute Gasteiger partial charge is 0.416 e. The predicted molar refractivity (Wildman–Crippen MR) is 89.2 cm³/mol. The fourth-order valence-corrected chi connectivity index (χ4v) is 2.57. The number of hydrogen-bond donors (Lipinski definition) is 2. The first-order valence-electron chi connectivity index (χ1n) is 7.40. The van der Waals surface area contributed by atoms with Gasteiger partial charge in [-0.25, -0.2) is 19.3 Å². The van der Waals surface area contributed by atoms with Crippen molar-refractivity contribution in [1.29, 1.82) is 0 Å². The van der Waals surface area contributed by atoms with Crippen LogP contribution >= 0.6 is 0 Å². The lowest BCUT2D eigenvalue weighted by atomic mass is 9.97. The molecule has 0 unspecified atom stereocenters. The minimum atomic E-state index is -4.63. The van der Waals surface area contributed by atoms with Crippen molar-refractivity contribution in [2.75, 3.05) is 11.5 Å². The van der Waals surface area contributed by atoms with Crippen LogP contribution in [0.15, 0.2) is 36.5 Å². The van der Waals surface area contributed by atoms with Gasteiger partial charge in [0.25, 0.3) is 0 Å². The lowest BCUT2D eigenvalue weighted by Gasteiger charge is -2.15. The third-order valence-corrected chi connectivity index (χ3v) is 3.73. The van der Waals surface area contributed by atoms with E-state index in [0.717, 1.165) is 6.07 Å². The van der Waals surface area contributed by atoms with Crippen LogP contribution in [0.4, 0.5) is 29.3 Å². The topological polar surface area (TPSA) is 90.7 Å². The summed E-state index contributed by atoms with van der Waals surface area (Å²) in [6.45, 7) is 1.60. The number of nitrogens with zero attached hydrogens (tertiary/aromatic N) is 3. The number of aryl methyl sites for hydroxylation is 1. The summed E-state index contributed by atoms with van der Waals surface area (Å²) in [4.78, 5) is 12.0. The first-order valence-corrected chi connectivity index (χ1v) is 7.40. The summed E-state index contributed by atoms with van der Waals surface area (Å²) in [6.07, 6.45) is -3.22. The molecule has 3 rings (SSSR count). The molecule has 2 heterocycles. The van der Waals surface area contributed by atoms with Gasteiger partial charge in [-0.1, -0.05) is 0 Å². The number of nitrogens with two attached hydrogens (primary N) is 2. The summed E-state index contributed by atoms with van der Waals surface area (Å²) in [6, 6.07) is 5.22. The van der Waals surface area contributed by atoms with Crippen LogP contribution in [0.3, 0.4) is 0 Å². The molecule has 5 nitrogen and oxygen atoms in total. The number of benzene rings is 1. The maximum atomic E-state index is 14.4. The molecule has 26 heavy (non-hydrogen) atoms. The van der Waals surface area contributed by atoms with Crippen LogP contribution in [-0.4, -0.2) is 15.0 Å². The Labute approximate surface area is 145 Å². The Morgan fingerprint density at radius 3 is 2.35 bits per heavy atom. The molecule has 0 radical (unpaired) electrons. The highest BCUT2D eigenvalue weighted by Crippen LogP contribution is 2.37. The van der Waals surface area contributed by atoms with Crippen molar-refractivity contribution in [1.82, 2.24) is 15.0 Å². The van der Waals surface area contributed by atoms with Gasteiger partial charge in [0.1, 0.15) is 11.6 Å². The molecule has 0 atom stereocenters. The Hall–Kier alpha value is -3.23. The molecule has 1 aromatic carbocycles. The standard InChI is InChI=1S/C17H13F4N5/c1-8-14(9-2-5-13(22)24-7-9)15(26-16(23)25-8)11-6-10(17(19,20)21)3-4-12(11)18/h2-7H,1H3,(H2,22,24)(H2,23,25,26). The Kier molecular flexibility index (Phi) is 4.23. The van der Waals surface area contributed by atoms with Crippen LogP contribution in [0.1, 0.15) is 11.3 Å². The average molecular weight is 363 g/mol. The Balaban J connectivity index is 2.30. The minimum Gasteiger partial charge on any atom is -0.384 e. The van der Waals surface area contributed by atoms with E-state index in [4.69, 9.17) is 11.5 Å². The molecule has 2 aromatic heterocycles. The number of aromatic nitrogens is 3. The maximum absolute atomic E-state index is 14.4. The number of hydrogen-bond acceptors (Lipinski definition) is 5. The normalized spacial score (nSPS) is 11.6. The molecule has 0 bridgehead atoms. The van der Waals surface area contributed by atoms with Crippen LogP contribution < -0.4 is 11.5 Å². The van der Waals surface area contributed by atoms with Gasteiger partial charge in [0.05, 0.1) is 17.0 Å². The van der Waals surface area contributed by atoms with Crippen molar-refractivity contribution < 1.29 is 17.6 Å². The van der Waals surface area contributed by atoms with Crippen LogP contribution in [0.2, 0.25) is 0 Å². The molecule has 0 aliphatic carbocycles. The summed E-state index contributed by atoms with van der Waals surface area (Å²) in [5.74, 6) is -0.781. The number of anilines is 2. The molecule has 0 fully saturated rings. The molecule has 0 amide bonds. The van der Waals surface area contributed by atoms with Gasteiger partial charge >= 0.3 is 6.18 Å². The summed E-state index contributed by atoms with van der Waals surface area (Å²) in [5, 5.41) is 0. The monoisotopic (exact) mass is 363 g/mol. The van der Waals surface area contributed by atoms with Gasteiger partial charge in [0, 0.05) is 22.9 Å². The van der Waals surface area contributed by atoms with Crippen LogP contribution in [0, 0.1) is 12.7 Å². The van der Waals surface area contributed by atoms with E-state index in [2.05, 4.69) is 15.0 Å². The lowest BCUT2D eigenvalue weighted by molar-refractivity contribution is -0.137. The first kappa shape index (κ1) is 17.6. The second-order valence-corrected chi connectivity index (χ2v) is 5.55. The highest BCUT2D eigenvalue weighted by molar-refractivity contribution is 5.83. The van der Waals surface area contributed by atoms with Gasteiger partial charge in [0.15, 0.2) is 0 Å². The summed E-state index contributed by atoms with van der Waals surface area (Å²) >= 11 is 0.